The number of nitrogens with one attached hydrogen (secondary N) is 1. The van der Waals surface area contributed by atoms with Crippen LogP contribution in [0.25, 0.3) is 10.8 Å². The van der Waals surface area contributed by atoms with Crippen molar-refractivity contribution in [3.8, 4) is 5.75 Å². The molecule has 1 amide bonds. The molecule has 0 fully saturated rings. The van der Waals surface area contributed by atoms with Crippen molar-refractivity contribution in [1.29, 1.82) is 0 Å². The lowest BCUT2D eigenvalue weighted by atomic mass is 10.1. The predicted octanol–water partition coefficient (Wildman–Crippen LogP) is 2.49. The summed E-state index contributed by atoms with van der Waals surface area (Å²) < 4.78 is 5.73. The molecule has 1 atom stereocenters. The molecular formula is C16H21ClN2O2. The normalized spacial score (nSPS) is 11.5. The molecule has 0 aliphatic heterocycles. The molecule has 2 rings (SSSR count). The number of ether oxygens (including phenoxy) is 1. The summed E-state index contributed by atoms with van der Waals surface area (Å²) in [6.07, 6.45) is 0.342. The fraction of sp³-hybridized carbons (Fsp3) is 0.312. The van der Waals surface area contributed by atoms with E-state index in [0.29, 0.717) is 19.6 Å². The average Bonchev–Trinajstić information content (AvgIpc) is 2.43. The van der Waals surface area contributed by atoms with Gasteiger partial charge in [-0.05, 0) is 18.4 Å². The van der Waals surface area contributed by atoms with E-state index in [0.717, 1.165) is 16.5 Å². The number of hydrogen-bond donors (Lipinski definition) is 2. The van der Waals surface area contributed by atoms with Gasteiger partial charge < -0.3 is 15.8 Å². The molecule has 1 unspecified atom stereocenters. The van der Waals surface area contributed by atoms with E-state index in [9.17, 15) is 4.79 Å². The summed E-state index contributed by atoms with van der Waals surface area (Å²) in [5.74, 6) is 0.797. The molecule has 4 nitrogen and oxygen atoms in total. The first-order chi connectivity index (χ1) is 9.66. The van der Waals surface area contributed by atoms with Crippen molar-refractivity contribution >= 4 is 29.1 Å². The molecular weight excluding hydrogens is 288 g/mol. The quantitative estimate of drug-likeness (QED) is 0.806. The number of carbonyl (C=O) groups excluding carboxylic acids is 1. The van der Waals surface area contributed by atoms with Gasteiger partial charge in [0, 0.05) is 17.8 Å². The van der Waals surface area contributed by atoms with E-state index in [4.69, 9.17) is 10.5 Å². The smallest absolute Gasteiger partial charge is 0.221 e. The molecule has 0 aromatic heterocycles. The molecule has 2 aromatic rings. The Morgan fingerprint density at radius 2 is 1.95 bits per heavy atom. The van der Waals surface area contributed by atoms with E-state index in [1.165, 1.54) is 0 Å². The van der Waals surface area contributed by atoms with Gasteiger partial charge in [0.15, 0.2) is 0 Å². The highest BCUT2D eigenvalue weighted by molar-refractivity contribution is 5.88. The highest BCUT2D eigenvalue weighted by Crippen LogP contribution is 2.24. The molecule has 0 radical (unpaired) electrons. The SMILES string of the molecule is CC(N)CC(=O)NCCOc1cccc2ccccc12.Cl. The van der Waals surface area contributed by atoms with Crippen LogP contribution in [0.2, 0.25) is 0 Å². The third-order valence-electron chi connectivity index (χ3n) is 2.94. The molecule has 5 heteroatoms. The van der Waals surface area contributed by atoms with Crippen LogP contribution in [0.5, 0.6) is 5.75 Å². The van der Waals surface area contributed by atoms with Crippen molar-refractivity contribution in [2.75, 3.05) is 13.2 Å². The van der Waals surface area contributed by atoms with Crippen LogP contribution >= 0.6 is 12.4 Å². The van der Waals surface area contributed by atoms with Gasteiger partial charge in [-0.2, -0.15) is 0 Å². The number of hydrogen-bond acceptors (Lipinski definition) is 3. The van der Waals surface area contributed by atoms with Crippen molar-refractivity contribution in [3.63, 3.8) is 0 Å². The summed E-state index contributed by atoms with van der Waals surface area (Å²) in [5, 5.41) is 5.01. The molecule has 0 saturated heterocycles. The summed E-state index contributed by atoms with van der Waals surface area (Å²) in [4.78, 5) is 11.4. The first-order valence-corrected chi connectivity index (χ1v) is 6.79. The molecule has 0 aliphatic carbocycles. The number of carbonyl (C=O) groups is 1. The maximum atomic E-state index is 11.4. The molecule has 2 aromatic carbocycles. The lowest BCUT2D eigenvalue weighted by Gasteiger charge is -2.10. The van der Waals surface area contributed by atoms with Gasteiger partial charge in [0.05, 0.1) is 6.54 Å². The Kier molecular flexibility index (Phi) is 6.99. The monoisotopic (exact) mass is 308 g/mol. The van der Waals surface area contributed by atoms with E-state index in [1.54, 1.807) is 0 Å². The largest absolute Gasteiger partial charge is 0.491 e. The third kappa shape index (κ3) is 5.25. The fourth-order valence-corrected chi connectivity index (χ4v) is 2.04. The van der Waals surface area contributed by atoms with Crippen molar-refractivity contribution in [2.24, 2.45) is 5.73 Å². The van der Waals surface area contributed by atoms with Crippen molar-refractivity contribution < 1.29 is 9.53 Å². The molecule has 0 aliphatic rings. The molecule has 114 valence electrons. The van der Waals surface area contributed by atoms with E-state index in [1.807, 2.05) is 49.4 Å². The Morgan fingerprint density at radius 3 is 2.71 bits per heavy atom. The summed E-state index contributed by atoms with van der Waals surface area (Å²) >= 11 is 0. The maximum Gasteiger partial charge on any atom is 0.221 e. The Morgan fingerprint density at radius 1 is 1.24 bits per heavy atom. The number of fused-ring (bicyclic) bond motifs is 1. The first-order valence-electron chi connectivity index (χ1n) is 6.79. The van der Waals surface area contributed by atoms with Crippen LogP contribution in [0.1, 0.15) is 13.3 Å². The van der Waals surface area contributed by atoms with E-state index in [2.05, 4.69) is 5.32 Å². The van der Waals surface area contributed by atoms with Crippen LogP contribution in [-0.2, 0) is 4.79 Å². The predicted molar refractivity (Wildman–Crippen MR) is 88.0 cm³/mol. The molecule has 0 heterocycles. The van der Waals surface area contributed by atoms with Gasteiger partial charge in [-0.25, -0.2) is 0 Å². The third-order valence-corrected chi connectivity index (χ3v) is 2.94. The van der Waals surface area contributed by atoms with Crippen LogP contribution in [0.3, 0.4) is 0 Å². The van der Waals surface area contributed by atoms with Crippen molar-refractivity contribution in [3.05, 3.63) is 42.5 Å². The number of rotatable bonds is 6. The van der Waals surface area contributed by atoms with Gasteiger partial charge in [-0.15, -0.1) is 12.4 Å². The zero-order valence-electron chi connectivity index (χ0n) is 12.0. The topological polar surface area (TPSA) is 64.4 Å². The second-order valence-electron chi connectivity index (χ2n) is 4.86. The molecule has 21 heavy (non-hydrogen) atoms. The number of nitrogens with two attached hydrogens (primary N) is 1. The lowest BCUT2D eigenvalue weighted by molar-refractivity contribution is -0.121. The molecule has 3 N–H and O–H groups in total. The number of halogens is 1. The summed E-state index contributed by atoms with van der Waals surface area (Å²) in [7, 11) is 0. The minimum atomic E-state index is -0.117. The number of benzene rings is 2. The zero-order valence-corrected chi connectivity index (χ0v) is 12.9. The minimum Gasteiger partial charge on any atom is -0.491 e. The fourth-order valence-electron chi connectivity index (χ4n) is 2.04. The maximum absolute atomic E-state index is 11.4. The Labute approximate surface area is 131 Å². The average molecular weight is 309 g/mol. The van der Waals surface area contributed by atoms with Crippen molar-refractivity contribution in [2.45, 2.75) is 19.4 Å². The van der Waals surface area contributed by atoms with E-state index >= 15 is 0 Å². The Balaban J connectivity index is 0.00000220. The van der Waals surface area contributed by atoms with E-state index in [-0.39, 0.29) is 24.4 Å². The Bertz CT molecular complexity index is 582. The first kappa shape index (κ1) is 17.3. The lowest BCUT2D eigenvalue weighted by Crippen LogP contribution is -2.32. The summed E-state index contributed by atoms with van der Waals surface area (Å²) in [6.45, 7) is 2.74. The van der Waals surface area contributed by atoms with Crippen LogP contribution in [0, 0.1) is 0 Å². The van der Waals surface area contributed by atoms with Crippen LogP contribution in [0.15, 0.2) is 42.5 Å². The molecule has 0 bridgehead atoms. The summed E-state index contributed by atoms with van der Waals surface area (Å²) in [6, 6.07) is 13.9. The standard InChI is InChI=1S/C16H20N2O2.ClH/c1-12(17)11-16(19)18-9-10-20-15-8-4-6-13-5-2-3-7-14(13)15;/h2-8,12H,9-11,17H2,1H3,(H,18,19);1H. The van der Waals surface area contributed by atoms with Crippen molar-refractivity contribution in [1.82, 2.24) is 5.32 Å². The van der Waals surface area contributed by atoms with Gasteiger partial charge in [0.25, 0.3) is 0 Å². The number of amides is 1. The summed E-state index contributed by atoms with van der Waals surface area (Å²) in [5.41, 5.74) is 5.56. The van der Waals surface area contributed by atoms with Crippen LogP contribution < -0.4 is 15.8 Å². The second kappa shape index (κ2) is 8.49. The van der Waals surface area contributed by atoms with Crippen LogP contribution in [-0.4, -0.2) is 25.1 Å². The Hall–Kier alpha value is -1.78. The zero-order chi connectivity index (χ0) is 14.4. The van der Waals surface area contributed by atoms with Gasteiger partial charge in [-0.3, -0.25) is 4.79 Å². The van der Waals surface area contributed by atoms with E-state index < -0.39 is 0 Å². The van der Waals surface area contributed by atoms with Crippen LogP contribution in [0.4, 0.5) is 0 Å². The second-order valence-corrected chi connectivity index (χ2v) is 4.86. The highest BCUT2D eigenvalue weighted by Gasteiger charge is 2.04. The molecule has 0 spiro atoms. The highest BCUT2D eigenvalue weighted by atomic mass is 35.5. The minimum absolute atomic E-state index is 0. The van der Waals surface area contributed by atoms with Gasteiger partial charge in [0.1, 0.15) is 12.4 Å². The van der Waals surface area contributed by atoms with Gasteiger partial charge in [0.2, 0.25) is 5.91 Å². The van der Waals surface area contributed by atoms with Gasteiger partial charge in [-0.1, -0.05) is 36.4 Å². The molecule has 0 saturated carbocycles. The van der Waals surface area contributed by atoms with Gasteiger partial charge >= 0.3 is 0 Å².